The molecular weight excluding hydrogens is 260 g/mol. The predicted molar refractivity (Wildman–Crippen MR) is 78.3 cm³/mol. The highest BCUT2D eigenvalue weighted by Crippen LogP contribution is 2.27. The number of hydrogen-bond acceptors (Lipinski definition) is 4. The Balaban J connectivity index is 2.03. The Morgan fingerprint density at radius 3 is 2.58 bits per heavy atom. The third kappa shape index (κ3) is 3.70. The van der Waals surface area contributed by atoms with E-state index in [-0.39, 0.29) is 0 Å². The summed E-state index contributed by atoms with van der Waals surface area (Å²) >= 11 is 0. The van der Waals surface area contributed by atoms with Gasteiger partial charge >= 0.3 is 0 Å². The number of anilines is 1. The van der Waals surface area contributed by atoms with Crippen LogP contribution >= 0.6 is 0 Å². The van der Waals surface area contributed by atoms with Crippen molar-refractivity contribution in [3.05, 3.63) is 24.3 Å². The summed E-state index contributed by atoms with van der Waals surface area (Å²) in [5.41, 5.74) is 0.695. The summed E-state index contributed by atoms with van der Waals surface area (Å²) in [5, 5.41) is 3.26. The number of para-hydroxylation sites is 1. The Bertz CT molecular complexity index is 538. The minimum Gasteiger partial charge on any atom is -0.382 e. The van der Waals surface area contributed by atoms with Gasteiger partial charge in [-0.15, -0.1) is 0 Å². The Morgan fingerprint density at radius 2 is 2.00 bits per heavy atom. The predicted octanol–water partition coefficient (Wildman–Crippen LogP) is 1.98. The van der Waals surface area contributed by atoms with Gasteiger partial charge in [-0.25, -0.2) is 8.42 Å². The molecule has 1 aromatic rings. The molecule has 2 rings (SSSR count). The van der Waals surface area contributed by atoms with Crippen LogP contribution in [0, 0.1) is 0 Å². The quantitative estimate of drug-likeness (QED) is 0.867. The Hall–Kier alpha value is -1.07. The molecule has 0 bridgehead atoms. The summed E-state index contributed by atoms with van der Waals surface area (Å²) in [5.74, 6) is 0. The first kappa shape index (κ1) is 14.3. The van der Waals surface area contributed by atoms with Crippen LogP contribution in [0.25, 0.3) is 0 Å². The lowest BCUT2D eigenvalue weighted by molar-refractivity contribution is 0.257. The second-order valence-electron chi connectivity index (χ2n) is 5.39. The van der Waals surface area contributed by atoms with E-state index in [2.05, 4.69) is 24.2 Å². The number of nitrogens with zero attached hydrogens (tertiary/aromatic N) is 1. The molecule has 0 heterocycles. The maximum atomic E-state index is 11.7. The summed E-state index contributed by atoms with van der Waals surface area (Å²) in [7, 11) is -1.05. The monoisotopic (exact) mass is 282 g/mol. The van der Waals surface area contributed by atoms with Gasteiger partial charge < -0.3 is 5.32 Å². The molecule has 106 valence electrons. The van der Waals surface area contributed by atoms with Gasteiger partial charge in [-0.1, -0.05) is 12.1 Å². The lowest BCUT2D eigenvalue weighted by Gasteiger charge is -2.25. The number of sulfone groups is 1. The van der Waals surface area contributed by atoms with E-state index in [4.69, 9.17) is 0 Å². The molecule has 1 fully saturated rings. The highest BCUT2D eigenvalue weighted by Gasteiger charge is 2.29. The van der Waals surface area contributed by atoms with Gasteiger partial charge in [0, 0.05) is 24.9 Å². The van der Waals surface area contributed by atoms with Crippen LogP contribution in [0.1, 0.15) is 19.8 Å². The van der Waals surface area contributed by atoms with E-state index in [9.17, 15) is 8.42 Å². The van der Waals surface area contributed by atoms with Crippen molar-refractivity contribution >= 4 is 15.5 Å². The topological polar surface area (TPSA) is 49.4 Å². The highest BCUT2D eigenvalue weighted by atomic mass is 32.2. The first-order chi connectivity index (χ1) is 8.89. The minimum atomic E-state index is -3.18. The van der Waals surface area contributed by atoms with Crippen LogP contribution in [-0.2, 0) is 9.84 Å². The summed E-state index contributed by atoms with van der Waals surface area (Å²) < 4.78 is 23.4. The van der Waals surface area contributed by atoms with Gasteiger partial charge in [-0.2, -0.15) is 0 Å². The molecule has 0 aromatic heterocycles. The lowest BCUT2D eigenvalue weighted by atomic mass is 10.2. The average molecular weight is 282 g/mol. The van der Waals surface area contributed by atoms with Gasteiger partial charge in [0.2, 0.25) is 0 Å². The Kier molecular flexibility index (Phi) is 4.16. The molecule has 1 atom stereocenters. The number of benzene rings is 1. The largest absolute Gasteiger partial charge is 0.382 e. The van der Waals surface area contributed by atoms with E-state index in [1.165, 1.54) is 19.1 Å². The number of nitrogens with one attached hydrogen (secondary N) is 1. The van der Waals surface area contributed by atoms with Crippen molar-refractivity contribution in [3.8, 4) is 0 Å². The zero-order valence-corrected chi connectivity index (χ0v) is 12.6. The fraction of sp³-hybridized carbons (Fsp3) is 0.571. The third-order valence-electron chi connectivity index (χ3n) is 3.69. The smallest absolute Gasteiger partial charge is 0.177 e. The fourth-order valence-electron chi connectivity index (χ4n) is 2.18. The molecule has 0 amide bonds. The maximum Gasteiger partial charge on any atom is 0.177 e. The molecule has 1 saturated carbocycles. The van der Waals surface area contributed by atoms with Crippen molar-refractivity contribution in [2.45, 2.75) is 36.7 Å². The Morgan fingerprint density at radius 1 is 1.37 bits per heavy atom. The molecule has 1 N–H and O–H groups in total. The SMILES string of the molecule is CC(CNc1ccccc1S(C)(=O)=O)N(C)C1CC1. The van der Waals surface area contributed by atoms with Crippen LogP contribution in [0.5, 0.6) is 0 Å². The van der Waals surface area contributed by atoms with Crippen LogP contribution in [-0.4, -0.2) is 45.2 Å². The number of hydrogen-bond donors (Lipinski definition) is 1. The van der Waals surface area contributed by atoms with Gasteiger partial charge in [0.15, 0.2) is 9.84 Å². The van der Waals surface area contributed by atoms with Gasteiger partial charge in [0.25, 0.3) is 0 Å². The highest BCUT2D eigenvalue weighted by molar-refractivity contribution is 7.90. The average Bonchev–Trinajstić information content (AvgIpc) is 3.18. The summed E-state index contributed by atoms with van der Waals surface area (Å²) in [6, 6.07) is 8.17. The molecule has 1 aliphatic carbocycles. The van der Waals surface area contributed by atoms with Crippen molar-refractivity contribution in [1.29, 1.82) is 0 Å². The van der Waals surface area contributed by atoms with Crippen LogP contribution in [0.15, 0.2) is 29.2 Å². The normalized spacial score (nSPS) is 17.5. The molecule has 0 spiro atoms. The molecule has 0 aliphatic heterocycles. The van der Waals surface area contributed by atoms with Crippen LogP contribution in [0.2, 0.25) is 0 Å². The van der Waals surface area contributed by atoms with E-state index >= 15 is 0 Å². The zero-order valence-electron chi connectivity index (χ0n) is 11.8. The molecule has 1 aromatic carbocycles. The number of rotatable bonds is 6. The van der Waals surface area contributed by atoms with Gasteiger partial charge in [0.05, 0.1) is 10.6 Å². The first-order valence-electron chi connectivity index (χ1n) is 6.64. The summed E-state index contributed by atoms with van der Waals surface area (Å²) in [6.45, 7) is 2.91. The van der Waals surface area contributed by atoms with E-state index in [0.29, 0.717) is 22.7 Å². The van der Waals surface area contributed by atoms with E-state index in [1.54, 1.807) is 12.1 Å². The van der Waals surface area contributed by atoms with E-state index < -0.39 is 9.84 Å². The fourth-order valence-corrected chi connectivity index (χ4v) is 3.04. The second kappa shape index (κ2) is 5.51. The third-order valence-corrected chi connectivity index (χ3v) is 4.85. The van der Waals surface area contributed by atoms with Gasteiger partial charge in [0.1, 0.15) is 0 Å². The van der Waals surface area contributed by atoms with Gasteiger partial charge in [-0.3, -0.25) is 4.90 Å². The zero-order chi connectivity index (χ0) is 14.0. The molecule has 0 saturated heterocycles. The number of likely N-dealkylation sites (N-methyl/N-ethyl adjacent to an activating group) is 1. The van der Waals surface area contributed by atoms with Crippen molar-refractivity contribution in [3.63, 3.8) is 0 Å². The molecule has 0 radical (unpaired) electrons. The molecule has 5 heteroatoms. The van der Waals surface area contributed by atoms with Crippen molar-refractivity contribution in [1.82, 2.24) is 4.90 Å². The summed E-state index contributed by atoms with van der Waals surface area (Å²) in [4.78, 5) is 2.73. The Labute approximate surface area is 115 Å². The van der Waals surface area contributed by atoms with Gasteiger partial charge in [-0.05, 0) is 38.9 Å². The standard InChI is InChI=1S/C14H22N2O2S/c1-11(16(2)12-8-9-12)10-15-13-6-4-5-7-14(13)19(3,17)18/h4-7,11-12,15H,8-10H2,1-3H3. The first-order valence-corrected chi connectivity index (χ1v) is 8.53. The van der Waals surface area contributed by atoms with Crippen molar-refractivity contribution in [2.75, 3.05) is 25.2 Å². The van der Waals surface area contributed by atoms with Crippen LogP contribution < -0.4 is 5.32 Å². The van der Waals surface area contributed by atoms with Crippen LogP contribution in [0.3, 0.4) is 0 Å². The molecule has 19 heavy (non-hydrogen) atoms. The molecule has 1 aliphatic rings. The van der Waals surface area contributed by atoms with Crippen LogP contribution in [0.4, 0.5) is 5.69 Å². The maximum absolute atomic E-state index is 11.7. The van der Waals surface area contributed by atoms with E-state index in [1.807, 2.05) is 12.1 Å². The molecule has 4 nitrogen and oxygen atoms in total. The minimum absolute atomic E-state index is 0.372. The van der Waals surface area contributed by atoms with Crippen molar-refractivity contribution < 1.29 is 8.42 Å². The lowest BCUT2D eigenvalue weighted by Crippen LogP contribution is -2.36. The molecular formula is C14H22N2O2S. The molecule has 1 unspecified atom stereocenters. The van der Waals surface area contributed by atoms with E-state index in [0.717, 1.165) is 6.54 Å². The second-order valence-corrected chi connectivity index (χ2v) is 7.38. The van der Waals surface area contributed by atoms with Crippen molar-refractivity contribution in [2.24, 2.45) is 0 Å². The summed E-state index contributed by atoms with van der Waals surface area (Å²) in [6.07, 6.45) is 3.80.